The Morgan fingerprint density at radius 2 is 2.19 bits per heavy atom. The third-order valence-corrected chi connectivity index (χ3v) is 2.63. The Kier molecular flexibility index (Phi) is 3.73. The van der Waals surface area contributed by atoms with Crippen molar-refractivity contribution in [3.8, 4) is 0 Å². The van der Waals surface area contributed by atoms with Gasteiger partial charge in [0.15, 0.2) is 5.78 Å². The number of carbonyl (C=O) groups is 2. The second-order valence-corrected chi connectivity index (χ2v) is 4.97. The van der Waals surface area contributed by atoms with Gasteiger partial charge in [0.25, 0.3) is 0 Å². The van der Waals surface area contributed by atoms with E-state index in [9.17, 15) is 9.59 Å². The highest BCUT2D eigenvalue weighted by Crippen LogP contribution is 2.30. The molecule has 4 nitrogen and oxygen atoms in total. The van der Waals surface area contributed by atoms with Gasteiger partial charge in [0.05, 0.1) is 12.6 Å². The highest BCUT2D eigenvalue weighted by Gasteiger charge is 2.36. The van der Waals surface area contributed by atoms with Crippen molar-refractivity contribution in [3.63, 3.8) is 0 Å². The van der Waals surface area contributed by atoms with E-state index >= 15 is 0 Å². The molecular formula is C12H19NO3. The Balaban J connectivity index is 2.90. The van der Waals surface area contributed by atoms with Crippen molar-refractivity contribution in [1.82, 2.24) is 4.90 Å². The Labute approximate surface area is 96.3 Å². The maximum absolute atomic E-state index is 11.7. The lowest BCUT2D eigenvalue weighted by Gasteiger charge is -2.38. The van der Waals surface area contributed by atoms with Crippen LogP contribution in [0.1, 0.15) is 34.1 Å². The summed E-state index contributed by atoms with van der Waals surface area (Å²) in [7, 11) is 0. The Morgan fingerprint density at radius 3 is 2.69 bits per heavy atom. The Bertz CT molecular complexity index is 315. The van der Waals surface area contributed by atoms with Crippen LogP contribution < -0.4 is 0 Å². The van der Waals surface area contributed by atoms with Crippen LogP contribution in [0.4, 0.5) is 4.79 Å². The normalized spacial score (nSPS) is 21.1. The van der Waals surface area contributed by atoms with Crippen molar-refractivity contribution in [2.45, 2.75) is 40.2 Å². The molecule has 0 N–H and O–H groups in total. The van der Waals surface area contributed by atoms with Crippen LogP contribution in [-0.2, 0) is 9.53 Å². The van der Waals surface area contributed by atoms with Crippen LogP contribution in [0.15, 0.2) is 12.3 Å². The van der Waals surface area contributed by atoms with Gasteiger partial charge in [0.2, 0.25) is 0 Å². The minimum absolute atomic E-state index is 0.0560. The van der Waals surface area contributed by atoms with E-state index in [1.54, 1.807) is 6.92 Å². The maximum atomic E-state index is 11.7. The van der Waals surface area contributed by atoms with E-state index in [4.69, 9.17) is 4.74 Å². The lowest BCUT2D eigenvalue weighted by Crippen LogP contribution is -2.47. The summed E-state index contributed by atoms with van der Waals surface area (Å²) >= 11 is 0. The molecule has 1 unspecified atom stereocenters. The molecule has 0 aliphatic carbocycles. The molecule has 1 heterocycles. The van der Waals surface area contributed by atoms with Crippen LogP contribution >= 0.6 is 0 Å². The first-order chi connectivity index (χ1) is 7.36. The molecule has 1 aliphatic rings. The topological polar surface area (TPSA) is 46.6 Å². The highest BCUT2D eigenvalue weighted by atomic mass is 16.6. The first-order valence-electron chi connectivity index (χ1n) is 5.52. The molecule has 4 heteroatoms. The zero-order valence-electron chi connectivity index (χ0n) is 10.3. The van der Waals surface area contributed by atoms with Gasteiger partial charge in [-0.3, -0.25) is 9.69 Å². The molecule has 0 aromatic rings. The smallest absolute Gasteiger partial charge is 0.414 e. The van der Waals surface area contributed by atoms with E-state index in [1.807, 2.05) is 20.8 Å². The van der Waals surface area contributed by atoms with Crippen molar-refractivity contribution < 1.29 is 14.3 Å². The van der Waals surface area contributed by atoms with Gasteiger partial charge in [-0.2, -0.15) is 0 Å². The van der Waals surface area contributed by atoms with E-state index in [1.165, 1.54) is 17.2 Å². The predicted octanol–water partition coefficient (Wildman–Crippen LogP) is 2.35. The van der Waals surface area contributed by atoms with Gasteiger partial charge in [0, 0.05) is 12.6 Å². The number of ether oxygens (including phenoxy) is 1. The van der Waals surface area contributed by atoms with Gasteiger partial charge in [-0.25, -0.2) is 4.79 Å². The first kappa shape index (κ1) is 12.7. The molecule has 16 heavy (non-hydrogen) atoms. The standard InChI is InChI=1S/C12H19NO3/c1-5-16-11(15)13-7-6-9(14)8-10(13)12(2,3)4/h6-7,10H,5,8H2,1-4H3. The molecule has 0 saturated carbocycles. The summed E-state index contributed by atoms with van der Waals surface area (Å²) in [6.07, 6.45) is 2.93. The molecular weight excluding hydrogens is 206 g/mol. The largest absolute Gasteiger partial charge is 0.449 e. The van der Waals surface area contributed by atoms with Crippen molar-refractivity contribution in [2.75, 3.05) is 6.61 Å². The number of ketones is 1. The molecule has 0 radical (unpaired) electrons. The second-order valence-electron chi connectivity index (χ2n) is 4.97. The number of carbonyl (C=O) groups excluding carboxylic acids is 2. The summed E-state index contributed by atoms with van der Waals surface area (Å²) in [6.45, 7) is 8.14. The van der Waals surface area contributed by atoms with Crippen LogP contribution in [0.2, 0.25) is 0 Å². The average molecular weight is 225 g/mol. The highest BCUT2D eigenvalue weighted by molar-refractivity contribution is 5.92. The minimum Gasteiger partial charge on any atom is -0.449 e. The monoisotopic (exact) mass is 225 g/mol. The number of allylic oxidation sites excluding steroid dienone is 1. The van der Waals surface area contributed by atoms with Crippen LogP contribution in [-0.4, -0.2) is 29.4 Å². The molecule has 90 valence electrons. The van der Waals surface area contributed by atoms with Crippen LogP contribution in [0.25, 0.3) is 0 Å². The summed E-state index contributed by atoms with van der Waals surface area (Å²) in [5.41, 5.74) is -0.146. The quantitative estimate of drug-likeness (QED) is 0.688. The van der Waals surface area contributed by atoms with Crippen molar-refractivity contribution in [2.24, 2.45) is 5.41 Å². The SMILES string of the molecule is CCOC(=O)N1C=CC(=O)CC1C(C)(C)C. The van der Waals surface area contributed by atoms with Crippen molar-refractivity contribution in [1.29, 1.82) is 0 Å². The summed E-state index contributed by atoms with van der Waals surface area (Å²) in [4.78, 5) is 24.6. The maximum Gasteiger partial charge on any atom is 0.414 e. The fraction of sp³-hybridized carbons (Fsp3) is 0.667. The number of rotatable bonds is 1. The average Bonchev–Trinajstić information content (AvgIpc) is 2.16. The summed E-state index contributed by atoms with van der Waals surface area (Å²) < 4.78 is 4.97. The van der Waals surface area contributed by atoms with E-state index in [2.05, 4.69) is 0 Å². The molecule has 0 fully saturated rings. The number of hydrogen-bond donors (Lipinski definition) is 0. The van der Waals surface area contributed by atoms with Gasteiger partial charge >= 0.3 is 6.09 Å². The number of nitrogens with zero attached hydrogens (tertiary/aromatic N) is 1. The fourth-order valence-corrected chi connectivity index (χ4v) is 1.73. The van der Waals surface area contributed by atoms with Gasteiger partial charge < -0.3 is 4.74 Å². The van der Waals surface area contributed by atoms with Gasteiger partial charge in [-0.1, -0.05) is 20.8 Å². The van der Waals surface area contributed by atoms with Gasteiger partial charge in [-0.05, 0) is 18.4 Å². The number of amides is 1. The summed E-state index contributed by atoms with van der Waals surface area (Å²) in [5.74, 6) is 0.0560. The second kappa shape index (κ2) is 4.68. The zero-order chi connectivity index (χ0) is 12.3. The van der Waals surface area contributed by atoms with Crippen LogP contribution in [0, 0.1) is 5.41 Å². The van der Waals surface area contributed by atoms with E-state index in [0.29, 0.717) is 13.0 Å². The zero-order valence-corrected chi connectivity index (χ0v) is 10.3. The molecule has 0 saturated heterocycles. The lowest BCUT2D eigenvalue weighted by molar-refractivity contribution is -0.117. The third kappa shape index (κ3) is 2.84. The fourth-order valence-electron chi connectivity index (χ4n) is 1.73. The minimum atomic E-state index is -0.383. The predicted molar refractivity (Wildman–Crippen MR) is 60.9 cm³/mol. The Hall–Kier alpha value is -1.32. The third-order valence-electron chi connectivity index (χ3n) is 2.63. The number of hydrogen-bond acceptors (Lipinski definition) is 3. The van der Waals surface area contributed by atoms with Crippen molar-refractivity contribution in [3.05, 3.63) is 12.3 Å². The van der Waals surface area contributed by atoms with Crippen LogP contribution in [0.5, 0.6) is 0 Å². The van der Waals surface area contributed by atoms with E-state index in [-0.39, 0.29) is 23.3 Å². The lowest BCUT2D eigenvalue weighted by atomic mass is 9.82. The molecule has 1 rings (SSSR count). The summed E-state index contributed by atoms with van der Waals surface area (Å²) in [6, 6.07) is -0.135. The van der Waals surface area contributed by atoms with Gasteiger partial charge in [0.1, 0.15) is 0 Å². The molecule has 1 aliphatic heterocycles. The Morgan fingerprint density at radius 1 is 1.56 bits per heavy atom. The summed E-state index contributed by atoms with van der Waals surface area (Å²) in [5, 5.41) is 0. The molecule has 1 amide bonds. The first-order valence-corrected chi connectivity index (χ1v) is 5.52. The molecule has 1 atom stereocenters. The van der Waals surface area contributed by atoms with Crippen molar-refractivity contribution >= 4 is 11.9 Å². The van der Waals surface area contributed by atoms with Gasteiger partial charge in [-0.15, -0.1) is 0 Å². The molecule has 0 spiro atoms. The molecule has 0 aromatic carbocycles. The molecule has 0 bridgehead atoms. The molecule has 0 aromatic heterocycles. The van der Waals surface area contributed by atoms with E-state index in [0.717, 1.165) is 0 Å². The van der Waals surface area contributed by atoms with E-state index < -0.39 is 0 Å². The van der Waals surface area contributed by atoms with Crippen LogP contribution in [0.3, 0.4) is 0 Å².